The van der Waals surface area contributed by atoms with E-state index in [1.807, 2.05) is 0 Å². The van der Waals surface area contributed by atoms with E-state index in [0.717, 1.165) is 5.92 Å². The quantitative estimate of drug-likeness (QED) is 0.605. The first-order chi connectivity index (χ1) is 6.20. The molecule has 2 rings (SSSR count). The second-order valence-electron chi connectivity index (χ2n) is 4.09. The fourth-order valence-corrected chi connectivity index (χ4v) is 2.26. The minimum atomic E-state index is 0.745. The lowest BCUT2D eigenvalue weighted by atomic mass is 9.97. The molecule has 0 saturated heterocycles. The van der Waals surface area contributed by atoms with E-state index in [-0.39, 0.29) is 0 Å². The van der Waals surface area contributed by atoms with Crippen LogP contribution in [0.4, 0.5) is 0 Å². The molecule has 0 aromatic heterocycles. The average Bonchev–Trinajstić information content (AvgIpc) is 2.48. The predicted octanol–water partition coefficient (Wildman–Crippen LogP) is 3.77. The maximum Gasteiger partial charge on any atom is -0.0184 e. The lowest BCUT2D eigenvalue weighted by Gasteiger charge is -2.08. The summed E-state index contributed by atoms with van der Waals surface area (Å²) in [5.41, 5.74) is 5.66. The molecule has 0 nitrogen and oxygen atoms in total. The van der Waals surface area contributed by atoms with Crippen LogP contribution in [0.3, 0.4) is 0 Å². The van der Waals surface area contributed by atoms with Crippen molar-refractivity contribution in [3.63, 3.8) is 0 Å². The van der Waals surface area contributed by atoms with Crippen LogP contribution in [0.2, 0.25) is 0 Å². The van der Waals surface area contributed by atoms with Gasteiger partial charge in [0.25, 0.3) is 0 Å². The monoisotopic (exact) mass is 172 g/mol. The zero-order valence-electron chi connectivity index (χ0n) is 8.43. The van der Waals surface area contributed by atoms with Gasteiger partial charge in [-0.15, -0.1) is 0 Å². The van der Waals surface area contributed by atoms with Crippen LogP contribution in [0.1, 0.15) is 42.9 Å². The van der Waals surface area contributed by atoms with Gasteiger partial charge in [0.05, 0.1) is 0 Å². The molecule has 1 aromatic rings. The molecule has 0 bridgehead atoms. The number of benzene rings is 1. The molecule has 1 unspecified atom stereocenters. The highest BCUT2D eigenvalue weighted by Crippen LogP contribution is 2.36. The van der Waals surface area contributed by atoms with E-state index in [2.05, 4.69) is 38.6 Å². The van der Waals surface area contributed by atoms with Gasteiger partial charge in [-0.1, -0.05) is 37.3 Å². The molecule has 0 N–H and O–H groups in total. The Morgan fingerprint density at radius 3 is 2.92 bits per heavy atom. The number of hydrogen-bond donors (Lipinski definition) is 0. The lowest BCUT2D eigenvalue weighted by Crippen LogP contribution is -1.90. The summed E-state index contributed by atoms with van der Waals surface area (Å²) in [6.45, 7) is 8.44. The third kappa shape index (κ3) is 1.31. The Balaban J connectivity index is 2.57. The molecule has 0 heteroatoms. The van der Waals surface area contributed by atoms with E-state index in [0.29, 0.717) is 0 Å². The summed E-state index contributed by atoms with van der Waals surface area (Å²) in [7, 11) is 0. The molecule has 0 saturated carbocycles. The Bertz CT molecular complexity index is 347. The van der Waals surface area contributed by atoms with Crippen LogP contribution in [-0.2, 0) is 6.42 Å². The molecule has 68 valence electrons. The zero-order valence-corrected chi connectivity index (χ0v) is 8.43. The molecular weight excluding hydrogens is 156 g/mol. The molecule has 0 radical (unpaired) electrons. The van der Waals surface area contributed by atoms with Gasteiger partial charge in [-0.05, 0) is 42.4 Å². The lowest BCUT2D eigenvalue weighted by molar-refractivity contribution is 0.747. The van der Waals surface area contributed by atoms with Gasteiger partial charge in [-0.25, -0.2) is 0 Å². The Labute approximate surface area is 80.3 Å². The topological polar surface area (TPSA) is 0 Å². The summed E-state index contributed by atoms with van der Waals surface area (Å²) in [5, 5.41) is 0. The predicted molar refractivity (Wildman–Crippen MR) is 57.9 cm³/mol. The average molecular weight is 172 g/mol. The van der Waals surface area contributed by atoms with Crippen molar-refractivity contribution < 1.29 is 0 Å². The molecule has 1 aliphatic rings. The number of fused-ring (bicyclic) bond motifs is 1. The summed E-state index contributed by atoms with van der Waals surface area (Å²) in [4.78, 5) is 0. The van der Waals surface area contributed by atoms with Crippen LogP contribution in [0, 0.1) is 0 Å². The molecule has 0 fully saturated rings. The number of hydrogen-bond acceptors (Lipinski definition) is 0. The first-order valence-corrected chi connectivity index (χ1v) is 4.98. The second kappa shape index (κ2) is 3.02. The SMILES string of the molecule is C=C(C)c1cccc2c1CCC2C. The Hall–Kier alpha value is -1.04. The van der Waals surface area contributed by atoms with Crippen molar-refractivity contribution in [2.45, 2.75) is 32.6 Å². The molecule has 1 aliphatic carbocycles. The normalized spacial score (nSPS) is 20.0. The highest BCUT2D eigenvalue weighted by molar-refractivity contribution is 5.66. The van der Waals surface area contributed by atoms with Crippen LogP contribution >= 0.6 is 0 Å². The Morgan fingerprint density at radius 1 is 1.46 bits per heavy atom. The Morgan fingerprint density at radius 2 is 2.23 bits per heavy atom. The Kier molecular flexibility index (Phi) is 1.99. The van der Waals surface area contributed by atoms with Crippen LogP contribution in [0.15, 0.2) is 24.8 Å². The van der Waals surface area contributed by atoms with Gasteiger partial charge < -0.3 is 0 Å². The maximum atomic E-state index is 4.03. The fraction of sp³-hybridized carbons (Fsp3) is 0.385. The molecule has 1 atom stereocenters. The fourth-order valence-electron chi connectivity index (χ4n) is 2.26. The van der Waals surface area contributed by atoms with Crippen molar-refractivity contribution in [3.05, 3.63) is 41.5 Å². The summed E-state index contributed by atoms with van der Waals surface area (Å²) in [5.74, 6) is 0.745. The van der Waals surface area contributed by atoms with Crippen molar-refractivity contribution in [2.24, 2.45) is 0 Å². The van der Waals surface area contributed by atoms with Crippen molar-refractivity contribution >= 4 is 5.57 Å². The van der Waals surface area contributed by atoms with E-state index in [9.17, 15) is 0 Å². The van der Waals surface area contributed by atoms with Crippen LogP contribution < -0.4 is 0 Å². The standard InChI is InChI=1S/C13H16/c1-9(2)11-5-4-6-12-10(3)7-8-13(11)12/h4-6,10H,1,7-8H2,2-3H3. The van der Waals surface area contributed by atoms with Gasteiger partial charge >= 0.3 is 0 Å². The van der Waals surface area contributed by atoms with Crippen LogP contribution in [0.25, 0.3) is 5.57 Å². The van der Waals surface area contributed by atoms with Crippen molar-refractivity contribution in [1.82, 2.24) is 0 Å². The van der Waals surface area contributed by atoms with Gasteiger partial charge in [-0.3, -0.25) is 0 Å². The molecular formula is C13H16. The van der Waals surface area contributed by atoms with E-state index >= 15 is 0 Å². The van der Waals surface area contributed by atoms with Crippen molar-refractivity contribution in [3.8, 4) is 0 Å². The van der Waals surface area contributed by atoms with Gasteiger partial charge in [0.1, 0.15) is 0 Å². The van der Waals surface area contributed by atoms with Gasteiger partial charge in [0.2, 0.25) is 0 Å². The van der Waals surface area contributed by atoms with Gasteiger partial charge in [-0.2, -0.15) is 0 Å². The third-order valence-electron chi connectivity index (χ3n) is 3.03. The largest absolute Gasteiger partial charge is 0.0955 e. The molecule has 1 aromatic carbocycles. The number of allylic oxidation sites excluding steroid dienone is 1. The minimum Gasteiger partial charge on any atom is -0.0955 e. The van der Waals surface area contributed by atoms with Gasteiger partial charge in [0.15, 0.2) is 0 Å². The molecule has 0 spiro atoms. The summed E-state index contributed by atoms with van der Waals surface area (Å²) >= 11 is 0. The zero-order chi connectivity index (χ0) is 9.42. The first kappa shape index (κ1) is 8.55. The summed E-state index contributed by atoms with van der Waals surface area (Å²) < 4.78 is 0. The highest BCUT2D eigenvalue weighted by Gasteiger charge is 2.20. The molecule has 13 heavy (non-hydrogen) atoms. The highest BCUT2D eigenvalue weighted by atomic mass is 14.2. The van der Waals surface area contributed by atoms with Crippen LogP contribution in [0.5, 0.6) is 0 Å². The smallest absolute Gasteiger partial charge is 0.0184 e. The van der Waals surface area contributed by atoms with Crippen LogP contribution in [-0.4, -0.2) is 0 Å². The number of rotatable bonds is 1. The minimum absolute atomic E-state index is 0.745. The second-order valence-corrected chi connectivity index (χ2v) is 4.09. The molecule has 0 heterocycles. The van der Waals surface area contributed by atoms with E-state index in [1.165, 1.54) is 24.0 Å². The molecule has 0 aliphatic heterocycles. The summed E-state index contributed by atoms with van der Waals surface area (Å²) in [6.07, 6.45) is 2.54. The van der Waals surface area contributed by atoms with Gasteiger partial charge in [0, 0.05) is 0 Å². The first-order valence-electron chi connectivity index (χ1n) is 4.98. The maximum absolute atomic E-state index is 4.03. The third-order valence-corrected chi connectivity index (χ3v) is 3.03. The van der Waals surface area contributed by atoms with E-state index < -0.39 is 0 Å². The van der Waals surface area contributed by atoms with E-state index in [4.69, 9.17) is 0 Å². The van der Waals surface area contributed by atoms with Crippen molar-refractivity contribution in [2.75, 3.05) is 0 Å². The summed E-state index contributed by atoms with van der Waals surface area (Å²) in [6, 6.07) is 6.61. The van der Waals surface area contributed by atoms with E-state index in [1.54, 1.807) is 11.1 Å². The molecule has 0 amide bonds. The van der Waals surface area contributed by atoms with Crippen molar-refractivity contribution in [1.29, 1.82) is 0 Å².